The zero-order valence-electron chi connectivity index (χ0n) is 18.7. The van der Waals surface area contributed by atoms with Crippen LogP contribution in [0.25, 0.3) is 16.8 Å². The van der Waals surface area contributed by atoms with E-state index < -0.39 is 5.91 Å². The zero-order valence-corrected chi connectivity index (χ0v) is 21.6. The highest BCUT2D eigenvalue weighted by Gasteiger charge is 2.15. The maximum atomic E-state index is 12.7. The Labute approximate surface area is 222 Å². The van der Waals surface area contributed by atoms with Gasteiger partial charge in [-0.3, -0.25) is 4.79 Å². The average Bonchev–Trinajstić information content (AvgIpc) is 2.87. The molecule has 0 bridgehead atoms. The lowest BCUT2D eigenvalue weighted by Crippen LogP contribution is -2.13. The molecular formula is C28H20ClIN2O3. The van der Waals surface area contributed by atoms with E-state index in [1.165, 1.54) is 6.08 Å². The summed E-state index contributed by atoms with van der Waals surface area (Å²) >= 11 is 8.27. The number of nitriles is 1. The van der Waals surface area contributed by atoms with Crippen molar-refractivity contribution in [3.63, 3.8) is 0 Å². The number of anilines is 1. The van der Waals surface area contributed by atoms with Crippen molar-refractivity contribution in [2.75, 3.05) is 12.4 Å². The van der Waals surface area contributed by atoms with E-state index in [0.717, 1.165) is 19.9 Å². The number of methoxy groups -OCH3 is 1. The van der Waals surface area contributed by atoms with Crippen LogP contribution in [0.4, 0.5) is 5.69 Å². The van der Waals surface area contributed by atoms with Gasteiger partial charge in [-0.2, -0.15) is 5.26 Å². The number of rotatable bonds is 7. The van der Waals surface area contributed by atoms with Gasteiger partial charge in [0, 0.05) is 0 Å². The summed E-state index contributed by atoms with van der Waals surface area (Å²) in [5.41, 5.74) is 2.07. The van der Waals surface area contributed by atoms with Crippen molar-refractivity contribution in [1.82, 2.24) is 0 Å². The van der Waals surface area contributed by atoms with Crippen LogP contribution >= 0.6 is 34.2 Å². The summed E-state index contributed by atoms with van der Waals surface area (Å²) in [6.45, 7) is 0.368. The number of ether oxygens (including phenoxy) is 2. The van der Waals surface area contributed by atoms with Gasteiger partial charge in [0.1, 0.15) is 18.2 Å². The molecule has 4 aromatic rings. The van der Waals surface area contributed by atoms with E-state index in [4.69, 9.17) is 21.1 Å². The molecule has 0 aromatic heterocycles. The van der Waals surface area contributed by atoms with Crippen LogP contribution in [-0.2, 0) is 11.4 Å². The molecule has 0 atom stereocenters. The highest BCUT2D eigenvalue weighted by atomic mass is 127. The summed E-state index contributed by atoms with van der Waals surface area (Å²) in [4.78, 5) is 12.7. The molecule has 0 aliphatic rings. The smallest absolute Gasteiger partial charge is 0.266 e. The zero-order chi connectivity index (χ0) is 24.8. The van der Waals surface area contributed by atoms with Gasteiger partial charge in [-0.05, 0) is 74.8 Å². The molecule has 174 valence electrons. The Kier molecular flexibility index (Phi) is 7.91. The predicted octanol–water partition coefficient (Wildman–Crippen LogP) is 7.23. The molecular weight excluding hydrogens is 575 g/mol. The third kappa shape index (κ3) is 5.76. The number of para-hydroxylation sites is 1. The molecule has 0 fully saturated rings. The fourth-order valence-corrected chi connectivity index (χ4v) is 4.56. The van der Waals surface area contributed by atoms with Crippen molar-refractivity contribution >= 4 is 62.6 Å². The van der Waals surface area contributed by atoms with Crippen LogP contribution in [0, 0.1) is 14.9 Å². The standard InChI is InChI=1S/C28H20ClIN2O3/c1-34-26-15-18(13-21(16-31)28(33)32-25-12-5-4-11-23(25)29)14-24(30)27(26)35-17-20-9-6-8-19-7-2-3-10-22(19)20/h2-15H,17H2,1H3,(H,32,33)/b21-13+. The van der Waals surface area contributed by atoms with Gasteiger partial charge in [0.05, 0.1) is 21.4 Å². The van der Waals surface area contributed by atoms with E-state index in [1.54, 1.807) is 37.4 Å². The van der Waals surface area contributed by atoms with Gasteiger partial charge in [0.15, 0.2) is 11.5 Å². The molecule has 35 heavy (non-hydrogen) atoms. The first-order valence-corrected chi connectivity index (χ1v) is 12.1. The first-order chi connectivity index (χ1) is 17.0. The number of nitrogens with one attached hydrogen (secondary N) is 1. The number of amides is 1. The number of nitrogens with zero attached hydrogens (tertiary/aromatic N) is 1. The van der Waals surface area contributed by atoms with E-state index in [1.807, 2.05) is 36.4 Å². The van der Waals surface area contributed by atoms with E-state index in [9.17, 15) is 10.1 Å². The van der Waals surface area contributed by atoms with E-state index >= 15 is 0 Å². The Morgan fingerprint density at radius 2 is 1.83 bits per heavy atom. The number of hydrogen-bond acceptors (Lipinski definition) is 4. The number of fused-ring (bicyclic) bond motifs is 1. The summed E-state index contributed by atoms with van der Waals surface area (Å²) < 4.78 is 12.5. The van der Waals surface area contributed by atoms with Gasteiger partial charge in [0.25, 0.3) is 5.91 Å². The van der Waals surface area contributed by atoms with E-state index in [0.29, 0.717) is 34.4 Å². The van der Waals surface area contributed by atoms with Crippen molar-refractivity contribution in [3.05, 3.63) is 104 Å². The van der Waals surface area contributed by atoms with Crippen molar-refractivity contribution in [1.29, 1.82) is 5.26 Å². The lowest BCUT2D eigenvalue weighted by molar-refractivity contribution is -0.112. The maximum Gasteiger partial charge on any atom is 0.266 e. The summed E-state index contributed by atoms with van der Waals surface area (Å²) in [7, 11) is 1.55. The Bertz CT molecular complexity index is 1470. The summed E-state index contributed by atoms with van der Waals surface area (Å²) in [6, 6.07) is 26.6. The van der Waals surface area contributed by atoms with Crippen LogP contribution in [0.5, 0.6) is 11.5 Å². The van der Waals surface area contributed by atoms with Crippen LogP contribution in [0.15, 0.2) is 84.4 Å². The second-order valence-electron chi connectivity index (χ2n) is 7.56. The first kappa shape index (κ1) is 24.6. The third-order valence-electron chi connectivity index (χ3n) is 5.30. The lowest BCUT2D eigenvalue weighted by atomic mass is 10.1. The summed E-state index contributed by atoms with van der Waals surface area (Å²) in [5.74, 6) is 0.551. The fraction of sp³-hybridized carbons (Fsp3) is 0.0714. The molecule has 7 heteroatoms. The number of benzene rings is 4. The Morgan fingerprint density at radius 1 is 1.09 bits per heavy atom. The van der Waals surface area contributed by atoms with E-state index in [-0.39, 0.29) is 5.57 Å². The molecule has 1 amide bonds. The molecule has 0 aliphatic carbocycles. The normalized spacial score (nSPS) is 11.1. The number of carbonyl (C=O) groups excluding carboxylic acids is 1. The molecule has 0 unspecified atom stereocenters. The third-order valence-corrected chi connectivity index (χ3v) is 6.43. The molecule has 0 saturated heterocycles. The van der Waals surface area contributed by atoms with Crippen molar-refractivity contribution in [3.8, 4) is 17.6 Å². The monoisotopic (exact) mass is 594 g/mol. The number of halogens is 2. The molecule has 4 aromatic carbocycles. The van der Waals surface area contributed by atoms with Crippen molar-refractivity contribution in [2.24, 2.45) is 0 Å². The Balaban J connectivity index is 1.58. The molecule has 0 spiro atoms. The number of carbonyl (C=O) groups is 1. The average molecular weight is 595 g/mol. The van der Waals surface area contributed by atoms with Gasteiger partial charge >= 0.3 is 0 Å². The maximum absolute atomic E-state index is 12.7. The quantitative estimate of drug-likeness (QED) is 0.139. The van der Waals surface area contributed by atoms with Crippen LogP contribution in [-0.4, -0.2) is 13.0 Å². The first-order valence-electron chi connectivity index (χ1n) is 10.6. The largest absolute Gasteiger partial charge is 0.493 e. The van der Waals surface area contributed by atoms with Crippen LogP contribution in [0.3, 0.4) is 0 Å². The van der Waals surface area contributed by atoms with Crippen molar-refractivity contribution < 1.29 is 14.3 Å². The van der Waals surface area contributed by atoms with E-state index in [2.05, 4.69) is 46.1 Å². The number of hydrogen-bond donors (Lipinski definition) is 1. The van der Waals surface area contributed by atoms with Gasteiger partial charge in [-0.15, -0.1) is 0 Å². The van der Waals surface area contributed by atoms with Gasteiger partial charge < -0.3 is 14.8 Å². The van der Waals surface area contributed by atoms with Gasteiger partial charge in [0.2, 0.25) is 0 Å². The highest BCUT2D eigenvalue weighted by molar-refractivity contribution is 14.1. The van der Waals surface area contributed by atoms with Gasteiger partial charge in [-0.25, -0.2) is 0 Å². The highest BCUT2D eigenvalue weighted by Crippen LogP contribution is 2.36. The van der Waals surface area contributed by atoms with Gasteiger partial charge in [-0.1, -0.05) is 66.2 Å². The minimum atomic E-state index is -0.550. The van der Waals surface area contributed by atoms with Crippen LogP contribution < -0.4 is 14.8 Å². The second-order valence-corrected chi connectivity index (χ2v) is 9.13. The lowest BCUT2D eigenvalue weighted by Gasteiger charge is -2.15. The topological polar surface area (TPSA) is 71.3 Å². The molecule has 1 N–H and O–H groups in total. The molecule has 4 rings (SSSR count). The predicted molar refractivity (Wildman–Crippen MR) is 148 cm³/mol. The van der Waals surface area contributed by atoms with Crippen molar-refractivity contribution in [2.45, 2.75) is 6.61 Å². The molecule has 0 heterocycles. The minimum absolute atomic E-state index is 0.0628. The van der Waals surface area contributed by atoms with Crippen LogP contribution in [0.2, 0.25) is 5.02 Å². The Hall–Kier alpha value is -3.54. The van der Waals surface area contributed by atoms with Crippen LogP contribution in [0.1, 0.15) is 11.1 Å². The fourth-order valence-electron chi connectivity index (χ4n) is 3.60. The summed E-state index contributed by atoms with van der Waals surface area (Å²) in [5, 5.41) is 14.9. The summed E-state index contributed by atoms with van der Waals surface area (Å²) in [6.07, 6.45) is 1.51. The second kappa shape index (κ2) is 11.3. The minimum Gasteiger partial charge on any atom is -0.493 e. The molecule has 5 nitrogen and oxygen atoms in total. The SMILES string of the molecule is COc1cc(/C=C(\C#N)C(=O)Nc2ccccc2Cl)cc(I)c1OCc1cccc2ccccc12. The molecule has 0 saturated carbocycles. The molecule has 0 radical (unpaired) electrons. The Morgan fingerprint density at radius 3 is 2.60 bits per heavy atom. The molecule has 0 aliphatic heterocycles.